The van der Waals surface area contributed by atoms with Gasteiger partial charge in [0.05, 0.1) is 10.6 Å². The smallest absolute Gasteiger partial charge is 0.268 e. The van der Waals surface area contributed by atoms with Gasteiger partial charge in [-0.05, 0) is 73.4 Å². The quantitative estimate of drug-likeness (QED) is 0.359. The highest BCUT2D eigenvalue weighted by atomic mass is 35.5. The van der Waals surface area contributed by atoms with E-state index in [1.54, 1.807) is 54.6 Å². The summed E-state index contributed by atoms with van der Waals surface area (Å²) in [6.07, 6.45) is 5.87. The summed E-state index contributed by atoms with van der Waals surface area (Å²) in [6.45, 7) is 4.00. The molecule has 0 saturated carbocycles. The maximum atomic E-state index is 13.5. The number of hydrogen-bond acceptors (Lipinski definition) is 3. The minimum atomic E-state index is -4.10. The van der Waals surface area contributed by atoms with Crippen molar-refractivity contribution in [3.8, 4) is 0 Å². The van der Waals surface area contributed by atoms with E-state index >= 15 is 0 Å². The molecule has 0 bridgehead atoms. The molecule has 0 aliphatic heterocycles. The van der Waals surface area contributed by atoms with Gasteiger partial charge in [-0.2, -0.15) is 4.31 Å². The summed E-state index contributed by atoms with van der Waals surface area (Å²) in [7, 11) is -4.10. The van der Waals surface area contributed by atoms with Crippen molar-refractivity contribution in [1.82, 2.24) is 0 Å². The summed E-state index contributed by atoms with van der Waals surface area (Å²) >= 11 is 5.91. The zero-order valence-corrected chi connectivity index (χ0v) is 19.7. The van der Waals surface area contributed by atoms with Crippen molar-refractivity contribution in [3.05, 3.63) is 101 Å². The molecule has 0 N–H and O–H groups in total. The number of carbonyl (C=O) groups is 1. The van der Waals surface area contributed by atoms with Crippen molar-refractivity contribution < 1.29 is 13.2 Å². The number of sulfonamides is 1. The van der Waals surface area contributed by atoms with E-state index < -0.39 is 15.9 Å². The van der Waals surface area contributed by atoms with Gasteiger partial charge in [0.2, 0.25) is 0 Å². The molecule has 166 valence electrons. The van der Waals surface area contributed by atoms with Crippen LogP contribution < -0.4 is 4.31 Å². The molecular formula is C26H26ClNO3S. The van der Waals surface area contributed by atoms with E-state index in [2.05, 4.69) is 6.92 Å². The normalized spacial score (nSPS) is 11.6. The van der Waals surface area contributed by atoms with Crippen LogP contribution in [0.3, 0.4) is 0 Å². The summed E-state index contributed by atoms with van der Waals surface area (Å²) in [5, 5.41) is 0.584. The lowest BCUT2D eigenvalue weighted by atomic mass is 10.1. The Morgan fingerprint density at radius 2 is 1.56 bits per heavy atom. The van der Waals surface area contributed by atoms with Crippen LogP contribution >= 0.6 is 11.6 Å². The van der Waals surface area contributed by atoms with E-state index in [-0.39, 0.29) is 4.90 Å². The van der Waals surface area contributed by atoms with Crippen LogP contribution in [-0.2, 0) is 21.2 Å². The minimum absolute atomic E-state index is 0.0615. The predicted molar refractivity (Wildman–Crippen MR) is 131 cm³/mol. The molecule has 6 heteroatoms. The number of nitrogens with zero attached hydrogens (tertiary/aromatic N) is 1. The fraction of sp³-hybridized carbons (Fsp3) is 0.192. The summed E-state index contributed by atoms with van der Waals surface area (Å²) in [6, 6.07) is 20.5. The molecule has 3 rings (SSSR count). The number of rotatable bonds is 8. The average molecular weight is 468 g/mol. The highest BCUT2D eigenvalue weighted by Crippen LogP contribution is 2.26. The Balaban J connectivity index is 1.99. The first-order chi connectivity index (χ1) is 15.3. The molecule has 3 aromatic rings. The van der Waals surface area contributed by atoms with Crippen molar-refractivity contribution in [1.29, 1.82) is 0 Å². The van der Waals surface area contributed by atoms with E-state index in [1.807, 2.05) is 19.1 Å². The Labute approximate surface area is 195 Å². The average Bonchev–Trinajstić information content (AvgIpc) is 2.78. The molecule has 0 radical (unpaired) electrons. The first-order valence-corrected chi connectivity index (χ1v) is 12.3. The van der Waals surface area contributed by atoms with Gasteiger partial charge in [-0.25, -0.2) is 8.42 Å². The zero-order valence-electron chi connectivity index (χ0n) is 18.2. The van der Waals surface area contributed by atoms with Crippen molar-refractivity contribution in [2.24, 2.45) is 0 Å². The molecule has 0 aliphatic carbocycles. The van der Waals surface area contributed by atoms with Crippen LogP contribution in [-0.4, -0.2) is 14.3 Å². The predicted octanol–water partition coefficient (Wildman–Crippen LogP) is 6.43. The van der Waals surface area contributed by atoms with Crippen molar-refractivity contribution in [2.45, 2.75) is 38.0 Å². The number of hydrogen-bond donors (Lipinski definition) is 0. The molecular weight excluding hydrogens is 442 g/mol. The van der Waals surface area contributed by atoms with Crippen LogP contribution in [0, 0.1) is 6.92 Å². The third-order valence-electron chi connectivity index (χ3n) is 5.04. The maximum absolute atomic E-state index is 13.5. The highest BCUT2D eigenvalue weighted by molar-refractivity contribution is 7.93. The van der Waals surface area contributed by atoms with Gasteiger partial charge < -0.3 is 0 Å². The fourth-order valence-electron chi connectivity index (χ4n) is 3.19. The molecule has 1 amide bonds. The second-order valence-corrected chi connectivity index (χ2v) is 9.80. The standard InChI is InChI=1S/C26H26ClNO3S/c1-3-4-5-21-10-15-24(16-11-21)28(32(30,31)25-17-6-20(2)7-18-25)26(29)19-12-22-8-13-23(27)14-9-22/h6-19H,3-5H2,1-2H3/b19-12+. The molecule has 0 unspecified atom stereocenters. The van der Waals surface area contributed by atoms with Gasteiger partial charge >= 0.3 is 0 Å². The minimum Gasteiger partial charge on any atom is -0.268 e. The van der Waals surface area contributed by atoms with E-state index in [0.29, 0.717) is 10.7 Å². The Hall–Kier alpha value is -2.89. The topological polar surface area (TPSA) is 54.5 Å². The molecule has 0 fully saturated rings. The van der Waals surface area contributed by atoms with Crippen LogP contribution in [0.2, 0.25) is 5.02 Å². The Morgan fingerprint density at radius 1 is 0.938 bits per heavy atom. The van der Waals surface area contributed by atoms with Crippen LogP contribution in [0.5, 0.6) is 0 Å². The van der Waals surface area contributed by atoms with Crippen LogP contribution in [0.25, 0.3) is 6.08 Å². The lowest BCUT2D eigenvalue weighted by Crippen LogP contribution is -2.35. The Morgan fingerprint density at radius 3 is 2.16 bits per heavy atom. The number of amides is 1. The molecule has 4 nitrogen and oxygen atoms in total. The van der Waals surface area contributed by atoms with E-state index in [0.717, 1.165) is 40.3 Å². The first-order valence-electron chi connectivity index (χ1n) is 10.5. The van der Waals surface area contributed by atoms with Gasteiger partial charge in [-0.1, -0.05) is 66.9 Å². The summed E-state index contributed by atoms with van der Waals surface area (Å²) in [5.41, 5.74) is 3.08. The number of benzene rings is 3. The third kappa shape index (κ3) is 5.87. The van der Waals surface area contributed by atoms with Crippen LogP contribution in [0.1, 0.15) is 36.5 Å². The second-order valence-electron chi connectivity index (χ2n) is 7.58. The zero-order chi connectivity index (χ0) is 23.1. The summed E-state index contributed by atoms with van der Waals surface area (Å²) < 4.78 is 27.8. The molecule has 3 aromatic carbocycles. The lowest BCUT2D eigenvalue weighted by molar-refractivity contribution is -0.113. The van der Waals surface area contributed by atoms with E-state index in [1.165, 1.54) is 18.2 Å². The van der Waals surface area contributed by atoms with Gasteiger partial charge in [-0.3, -0.25) is 4.79 Å². The number of carbonyl (C=O) groups excluding carboxylic acids is 1. The van der Waals surface area contributed by atoms with Gasteiger partial charge in [0.1, 0.15) is 0 Å². The highest BCUT2D eigenvalue weighted by Gasteiger charge is 2.29. The number of unbranched alkanes of at least 4 members (excludes halogenated alkanes) is 1. The maximum Gasteiger partial charge on any atom is 0.271 e. The molecule has 0 spiro atoms. The molecule has 32 heavy (non-hydrogen) atoms. The fourth-order valence-corrected chi connectivity index (χ4v) is 4.70. The molecule has 0 atom stereocenters. The number of aryl methyl sites for hydroxylation is 2. The monoisotopic (exact) mass is 467 g/mol. The number of anilines is 1. The number of halogens is 1. The molecule has 0 aromatic heterocycles. The lowest BCUT2D eigenvalue weighted by Gasteiger charge is -2.22. The first kappa shape index (κ1) is 23.8. The van der Waals surface area contributed by atoms with Gasteiger partial charge in [-0.15, -0.1) is 0 Å². The van der Waals surface area contributed by atoms with Gasteiger partial charge in [0, 0.05) is 11.1 Å². The Kier molecular flexibility index (Phi) is 7.89. The third-order valence-corrected chi connectivity index (χ3v) is 7.03. The molecule has 0 aliphatic rings. The van der Waals surface area contributed by atoms with Crippen molar-refractivity contribution in [2.75, 3.05) is 4.31 Å². The Bertz CT molecular complexity index is 1180. The van der Waals surface area contributed by atoms with Gasteiger partial charge in [0.25, 0.3) is 15.9 Å². The molecule has 0 heterocycles. The van der Waals surface area contributed by atoms with Crippen LogP contribution in [0.4, 0.5) is 5.69 Å². The summed E-state index contributed by atoms with van der Waals surface area (Å²) in [5.74, 6) is -0.651. The van der Waals surface area contributed by atoms with E-state index in [9.17, 15) is 13.2 Å². The van der Waals surface area contributed by atoms with Gasteiger partial charge in [0.15, 0.2) is 0 Å². The largest absolute Gasteiger partial charge is 0.271 e. The van der Waals surface area contributed by atoms with Crippen LogP contribution in [0.15, 0.2) is 83.8 Å². The molecule has 0 saturated heterocycles. The summed E-state index contributed by atoms with van der Waals surface area (Å²) in [4.78, 5) is 13.2. The second kappa shape index (κ2) is 10.6. The SMILES string of the molecule is CCCCc1ccc(N(C(=O)/C=C/c2ccc(Cl)cc2)S(=O)(=O)c2ccc(C)cc2)cc1. The van der Waals surface area contributed by atoms with Crippen molar-refractivity contribution >= 4 is 39.3 Å². The van der Waals surface area contributed by atoms with Crippen molar-refractivity contribution in [3.63, 3.8) is 0 Å². The van der Waals surface area contributed by atoms with E-state index in [4.69, 9.17) is 11.6 Å².